The average Bonchev–Trinajstić information content (AvgIpc) is 2.32. The Labute approximate surface area is 121 Å². The van der Waals surface area contributed by atoms with E-state index in [2.05, 4.69) is 6.92 Å². The zero-order valence-corrected chi connectivity index (χ0v) is 12.8. The van der Waals surface area contributed by atoms with Gasteiger partial charge in [0.05, 0.1) is 6.61 Å². The number of hydrogen-bond acceptors (Lipinski definition) is 2. The first kappa shape index (κ1) is 16.0. The van der Waals surface area contributed by atoms with E-state index in [1.54, 1.807) is 0 Å². The Kier molecular flexibility index (Phi) is 6.93. The van der Waals surface area contributed by atoms with Crippen LogP contribution < -0.4 is 4.74 Å². The number of hydrogen-bond donors (Lipinski definition) is 0. The lowest BCUT2D eigenvalue weighted by Crippen LogP contribution is -2.09. The van der Waals surface area contributed by atoms with Gasteiger partial charge in [-0.2, -0.15) is 0 Å². The van der Waals surface area contributed by atoms with Crippen molar-refractivity contribution < 1.29 is 9.53 Å². The van der Waals surface area contributed by atoms with E-state index in [0.717, 1.165) is 24.2 Å². The van der Waals surface area contributed by atoms with Crippen LogP contribution in [0.25, 0.3) is 0 Å². The first-order valence-corrected chi connectivity index (χ1v) is 7.37. The molecule has 2 nitrogen and oxygen atoms in total. The van der Waals surface area contributed by atoms with Crippen molar-refractivity contribution in [2.45, 2.75) is 46.5 Å². The number of rotatable bonds is 8. The van der Waals surface area contributed by atoms with Crippen LogP contribution in [0.5, 0.6) is 5.75 Å². The van der Waals surface area contributed by atoms with Gasteiger partial charge in [0.2, 0.25) is 0 Å². The lowest BCUT2D eigenvalue weighted by molar-refractivity contribution is -0.119. The molecular formula is C16H23ClO2. The Morgan fingerprint density at radius 2 is 2.11 bits per heavy atom. The maximum Gasteiger partial charge on any atom is 0.133 e. The summed E-state index contributed by atoms with van der Waals surface area (Å²) in [6.45, 7) is 6.74. The third-order valence-electron chi connectivity index (χ3n) is 3.00. The maximum atomic E-state index is 11.7. The molecule has 0 spiro atoms. The van der Waals surface area contributed by atoms with E-state index in [9.17, 15) is 4.79 Å². The number of ether oxygens (including phenoxy) is 1. The van der Waals surface area contributed by atoms with E-state index < -0.39 is 0 Å². The van der Waals surface area contributed by atoms with Crippen LogP contribution in [0, 0.1) is 5.92 Å². The minimum absolute atomic E-state index is 0.316. The standard InChI is InChI=1S/C16H23ClO2/c1-4-6-15(18)10-12(3)9-13-11-14(17)7-8-16(13)19-5-2/h7-8,11-12H,4-6,9-10H2,1-3H3. The monoisotopic (exact) mass is 282 g/mol. The van der Waals surface area contributed by atoms with Crippen LogP contribution in [-0.4, -0.2) is 12.4 Å². The van der Waals surface area contributed by atoms with Crippen LogP contribution in [0.2, 0.25) is 5.02 Å². The molecule has 0 aliphatic heterocycles. The Morgan fingerprint density at radius 3 is 2.74 bits per heavy atom. The van der Waals surface area contributed by atoms with Gasteiger partial charge < -0.3 is 4.74 Å². The minimum atomic E-state index is 0.316. The summed E-state index contributed by atoms with van der Waals surface area (Å²) in [5.74, 6) is 1.54. The predicted molar refractivity (Wildman–Crippen MR) is 80.0 cm³/mol. The van der Waals surface area contributed by atoms with Crippen molar-refractivity contribution in [3.05, 3.63) is 28.8 Å². The third-order valence-corrected chi connectivity index (χ3v) is 3.23. The molecule has 19 heavy (non-hydrogen) atoms. The van der Waals surface area contributed by atoms with Gasteiger partial charge in [-0.05, 0) is 49.4 Å². The molecule has 0 saturated carbocycles. The SMILES string of the molecule is CCCC(=O)CC(C)Cc1cc(Cl)ccc1OCC. The largest absolute Gasteiger partial charge is 0.494 e. The van der Waals surface area contributed by atoms with Crippen LogP contribution in [0.4, 0.5) is 0 Å². The van der Waals surface area contributed by atoms with Gasteiger partial charge in [0.25, 0.3) is 0 Å². The molecular weight excluding hydrogens is 260 g/mol. The van der Waals surface area contributed by atoms with Gasteiger partial charge in [-0.25, -0.2) is 0 Å². The summed E-state index contributed by atoms with van der Waals surface area (Å²) in [6.07, 6.45) is 3.06. The quantitative estimate of drug-likeness (QED) is 0.692. The normalized spacial score (nSPS) is 12.2. The number of benzene rings is 1. The second-order valence-electron chi connectivity index (χ2n) is 4.99. The predicted octanol–water partition coefficient (Wildman–Crippen LogP) is 4.68. The van der Waals surface area contributed by atoms with Crippen molar-refractivity contribution in [3.63, 3.8) is 0 Å². The molecule has 0 N–H and O–H groups in total. The summed E-state index contributed by atoms with van der Waals surface area (Å²) in [5.41, 5.74) is 1.09. The van der Waals surface area contributed by atoms with Crippen molar-refractivity contribution in [2.24, 2.45) is 5.92 Å². The Hall–Kier alpha value is -1.02. The van der Waals surface area contributed by atoms with Gasteiger partial charge in [-0.3, -0.25) is 4.79 Å². The molecule has 106 valence electrons. The minimum Gasteiger partial charge on any atom is -0.494 e. The molecule has 0 bridgehead atoms. The lowest BCUT2D eigenvalue weighted by Gasteiger charge is -2.15. The Morgan fingerprint density at radius 1 is 1.37 bits per heavy atom. The summed E-state index contributed by atoms with van der Waals surface area (Å²) in [7, 11) is 0. The average molecular weight is 283 g/mol. The molecule has 1 unspecified atom stereocenters. The van der Waals surface area contributed by atoms with E-state index in [1.165, 1.54) is 0 Å². The number of carbonyl (C=O) groups excluding carboxylic acids is 1. The van der Waals surface area contributed by atoms with Crippen LogP contribution in [0.1, 0.15) is 45.6 Å². The van der Waals surface area contributed by atoms with E-state index in [0.29, 0.717) is 36.2 Å². The maximum absolute atomic E-state index is 11.7. The van der Waals surface area contributed by atoms with Crippen molar-refractivity contribution in [3.8, 4) is 5.75 Å². The van der Waals surface area contributed by atoms with Crippen molar-refractivity contribution in [1.82, 2.24) is 0 Å². The summed E-state index contributed by atoms with van der Waals surface area (Å²) < 4.78 is 5.60. The highest BCUT2D eigenvalue weighted by atomic mass is 35.5. The van der Waals surface area contributed by atoms with Crippen LogP contribution >= 0.6 is 11.6 Å². The third kappa shape index (κ3) is 5.65. The molecule has 1 aromatic carbocycles. The molecule has 0 saturated heterocycles. The zero-order valence-electron chi connectivity index (χ0n) is 12.0. The topological polar surface area (TPSA) is 26.3 Å². The number of carbonyl (C=O) groups is 1. The highest BCUT2D eigenvalue weighted by Gasteiger charge is 2.12. The van der Waals surface area contributed by atoms with Crippen molar-refractivity contribution in [2.75, 3.05) is 6.61 Å². The van der Waals surface area contributed by atoms with Crippen molar-refractivity contribution >= 4 is 17.4 Å². The molecule has 1 atom stereocenters. The molecule has 0 heterocycles. The highest BCUT2D eigenvalue weighted by Crippen LogP contribution is 2.26. The Bertz CT molecular complexity index is 415. The first-order chi connectivity index (χ1) is 9.06. The van der Waals surface area contributed by atoms with Crippen LogP contribution in [0.15, 0.2) is 18.2 Å². The summed E-state index contributed by atoms with van der Waals surface area (Å²) >= 11 is 6.03. The molecule has 3 heteroatoms. The molecule has 1 aromatic rings. The smallest absolute Gasteiger partial charge is 0.133 e. The summed E-state index contributed by atoms with van der Waals surface area (Å²) in [4.78, 5) is 11.7. The highest BCUT2D eigenvalue weighted by molar-refractivity contribution is 6.30. The second kappa shape index (κ2) is 8.21. The lowest BCUT2D eigenvalue weighted by atomic mass is 9.94. The zero-order chi connectivity index (χ0) is 14.3. The summed E-state index contributed by atoms with van der Waals surface area (Å²) in [6, 6.07) is 5.68. The molecule has 0 aliphatic carbocycles. The van der Waals surface area contributed by atoms with E-state index in [1.807, 2.05) is 32.0 Å². The van der Waals surface area contributed by atoms with Crippen molar-refractivity contribution in [1.29, 1.82) is 0 Å². The fourth-order valence-corrected chi connectivity index (χ4v) is 2.42. The number of Topliss-reactive ketones (excluding diaryl/α,β-unsaturated/α-hetero) is 1. The number of halogens is 1. The van der Waals surface area contributed by atoms with Gasteiger partial charge in [0.1, 0.15) is 11.5 Å². The van der Waals surface area contributed by atoms with E-state index in [-0.39, 0.29) is 0 Å². The van der Waals surface area contributed by atoms with Crippen LogP contribution in [0.3, 0.4) is 0 Å². The van der Waals surface area contributed by atoms with Gasteiger partial charge in [-0.1, -0.05) is 25.4 Å². The van der Waals surface area contributed by atoms with Gasteiger partial charge >= 0.3 is 0 Å². The van der Waals surface area contributed by atoms with E-state index in [4.69, 9.17) is 16.3 Å². The molecule has 0 fully saturated rings. The van der Waals surface area contributed by atoms with Gasteiger partial charge in [0.15, 0.2) is 0 Å². The molecule has 1 rings (SSSR count). The molecule has 0 aliphatic rings. The molecule has 0 aromatic heterocycles. The van der Waals surface area contributed by atoms with Gasteiger partial charge in [0, 0.05) is 17.9 Å². The van der Waals surface area contributed by atoms with Crippen LogP contribution in [-0.2, 0) is 11.2 Å². The molecule has 0 radical (unpaired) electrons. The number of ketones is 1. The fourth-order valence-electron chi connectivity index (χ4n) is 2.22. The first-order valence-electron chi connectivity index (χ1n) is 6.99. The van der Waals surface area contributed by atoms with Gasteiger partial charge in [-0.15, -0.1) is 0 Å². The molecule has 0 amide bonds. The fraction of sp³-hybridized carbons (Fsp3) is 0.562. The summed E-state index contributed by atoms with van der Waals surface area (Å²) in [5, 5.41) is 0.713. The second-order valence-corrected chi connectivity index (χ2v) is 5.42. The Balaban J connectivity index is 2.69. The van der Waals surface area contributed by atoms with E-state index >= 15 is 0 Å².